The lowest BCUT2D eigenvalue weighted by Crippen LogP contribution is -2.20. The summed E-state index contributed by atoms with van der Waals surface area (Å²) in [6.45, 7) is 15.9. The number of rotatable bonds is 14. The van der Waals surface area contributed by atoms with Gasteiger partial charge >= 0.3 is 5.97 Å². The third-order valence-corrected chi connectivity index (χ3v) is 4.45. The van der Waals surface area contributed by atoms with E-state index in [0.717, 1.165) is 48.8 Å². The normalized spacial score (nSPS) is 14.0. The SMILES string of the molecule is C=C(C)/C(C)=C\CCC(OC(=O)CCC(O)CCCCCC)C(=C)C. The van der Waals surface area contributed by atoms with Crippen LogP contribution >= 0.6 is 0 Å². The molecule has 1 N–H and O–H groups in total. The Morgan fingerprint density at radius 2 is 1.76 bits per heavy atom. The molecule has 0 fully saturated rings. The van der Waals surface area contributed by atoms with E-state index in [0.29, 0.717) is 6.42 Å². The van der Waals surface area contributed by atoms with Crippen molar-refractivity contribution >= 4 is 5.97 Å². The van der Waals surface area contributed by atoms with Crippen LogP contribution in [0.5, 0.6) is 0 Å². The van der Waals surface area contributed by atoms with Gasteiger partial charge in [0.05, 0.1) is 6.10 Å². The largest absolute Gasteiger partial charge is 0.458 e. The fourth-order valence-electron chi connectivity index (χ4n) is 2.48. The van der Waals surface area contributed by atoms with Crippen molar-refractivity contribution in [3.8, 4) is 0 Å². The molecule has 0 radical (unpaired) electrons. The number of allylic oxidation sites excluding steroid dienone is 3. The Bertz CT molecular complexity index is 448. The molecule has 0 spiro atoms. The highest BCUT2D eigenvalue weighted by Crippen LogP contribution is 2.16. The highest BCUT2D eigenvalue weighted by Gasteiger charge is 2.16. The van der Waals surface area contributed by atoms with Crippen molar-refractivity contribution in [2.45, 2.75) is 97.7 Å². The number of aliphatic hydroxyl groups is 1. The van der Waals surface area contributed by atoms with Crippen molar-refractivity contribution < 1.29 is 14.6 Å². The summed E-state index contributed by atoms with van der Waals surface area (Å²) >= 11 is 0. The maximum absolute atomic E-state index is 12.0. The van der Waals surface area contributed by atoms with Crippen LogP contribution in [-0.4, -0.2) is 23.3 Å². The molecule has 0 rings (SSSR count). The standard InChI is InChI=1S/C22H38O3/c1-7-8-9-10-13-20(23)15-16-22(24)25-21(18(4)5)14-11-12-19(6)17(2)3/h12,20-21,23H,2,4,7-11,13-16H2,1,3,5-6H3/b19-12-. The zero-order valence-electron chi connectivity index (χ0n) is 16.8. The topological polar surface area (TPSA) is 46.5 Å². The monoisotopic (exact) mass is 350 g/mol. The van der Waals surface area contributed by atoms with Crippen molar-refractivity contribution in [2.75, 3.05) is 0 Å². The Hall–Kier alpha value is -1.35. The summed E-state index contributed by atoms with van der Waals surface area (Å²) in [5, 5.41) is 9.95. The second kappa shape index (κ2) is 13.9. The summed E-state index contributed by atoms with van der Waals surface area (Å²) in [7, 11) is 0. The number of carbonyl (C=O) groups excluding carboxylic acids is 1. The van der Waals surface area contributed by atoms with Gasteiger partial charge in [0.25, 0.3) is 0 Å². The third kappa shape index (κ3) is 12.6. The Balaban J connectivity index is 4.17. The minimum Gasteiger partial charge on any atom is -0.458 e. The first kappa shape index (κ1) is 23.6. The molecular formula is C22H38O3. The average Bonchev–Trinajstić information content (AvgIpc) is 2.55. The van der Waals surface area contributed by atoms with Crippen LogP contribution in [0.25, 0.3) is 0 Å². The summed E-state index contributed by atoms with van der Waals surface area (Å²) in [6.07, 6.45) is 9.06. The fraction of sp³-hybridized carbons (Fsp3) is 0.682. The molecule has 0 aromatic carbocycles. The van der Waals surface area contributed by atoms with Crippen LogP contribution in [0.4, 0.5) is 0 Å². The first-order valence-corrected chi connectivity index (χ1v) is 9.63. The number of aliphatic hydroxyl groups excluding tert-OH is 1. The van der Waals surface area contributed by atoms with Gasteiger partial charge in [-0.25, -0.2) is 0 Å². The van der Waals surface area contributed by atoms with Gasteiger partial charge in [-0.05, 0) is 52.0 Å². The van der Waals surface area contributed by atoms with E-state index in [-0.39, 0.29) is 18.5 Å². The number of ether oxygens (including phenoxy) is 1. The second-order valence-corrected chi connectivity index (χ2v) is 7.11. The maximum atomic E-state index is 12.0. The van der Waals surface area contributed by atoms with Crippen molar-refractivity contribution in [2.24, 2.45) is 0 Å². The molecule has 3 nitrogen and oxygen atoms in total. The highest BCUT2D eigenvalue weighted by atomic mass is 16.5. The molecule has 0 aliphatic rings. The smallest absolute Gasteiger partial charge is 0.306 e. The van der Waals surface area contributed by atoms with Crippen molar-refractivity contribution in [1.82, 2.24) is 0 Å². The summed E-state index contributed by atoms with van der Waals surface area (Å²) in [4.78, 5) is 12.0. The number of esters is 1. The Kier molecular flexibility index (Phi) is 13.1. The molecule has 0 saturated carbocycles. The minimum atomic E-state index is -0.408. The van der Waals surface area contributed by atoms with E-state index in [1.165, 1.54) is 12.8 Å². The van der Waals surface area contributed by atoms with Gasteiger partial charge in [0.2, 0.25) is 0 Å². The van der Waals surface area contributed by atoms with E-state index in [4.69, 9.17) is 4.74 Å². The summed E-state index contributed by atoms with van der Waals surface area (Å²) < 4.78 is 5.55. The van der Waals surface area contributed by atoms with E-state index in [1.807, 2.05) is 20.8 Å². The quantitative estimate of drug-likeness (QED) is 0.184. The molecule has 144 valence electrons. The predicted molar refractivity (Wildman–Crippen MR) is 106 cm³/mol. The van der Waals surface area contributed by atoms with Crippen LogP contribution in [0.3, 0.4) is 0 Å². The minimum absolute atomic E-state index is 0.249. The predicted octanol–water partition coefficient (Wildman–Crippen LogP) is 5.89. The molecule has 2 unspecified atom stereocenters. The zero-order chi connectivity index (χ0) is 19.2. The maximum Gasteiger partial charge on any atom is 0.306 e. The van der Waals surface area contributed by atoms with Crippen LogP contribution < -0.4 is 0 Å². The molecule has 25 heavy (non-hydrogen) atoms. The van der Waals surface area contributed by atoms with Gasteiger partial charge in [-0.15, -0.1) is 0 Å². The van der Waals surface area contributed by atoms with Gasteiger partial charge in [0, 0.05) is 6.42 Å². The van der Waals surface area contributed by atoms with Crippen LogP contribution in [-0.2, 0) is 9.53 Å². The van der Waals surface area contributed by atoms with Crippen LogP contribution in [0.2, 0.25) is 0 Å². The summed E-state index contributed by atoms with van der Waals surface area (Å²) in [6, 6.07) is 0. The van der Waals surface area contributed by atoms with Crippen molar-refractivity contribution in [3.63, 3.8) is 0 Å². The molecular weight excluding hydrogens is 312 g/mol. The first-order valence-electron chi connectivity index (χ1n) is 9.63. The van der Waals surface area contributed by atoms with Gasteiger partial charge in [-0.3, -0.25) is 4.79 Å². The van der Waals surface area contributed by atoms with Crippen molar-refractivity contribution in [1.29, 1.82) is 0 Å². The number of carbonyl (C=O) groups is 1. The zero-order valence-corrected chi connectivity index (χ0v) is 16.8. The van der Waals surface area contributed by atoms with Gasteiger partial charge in [0.1, 0.15) is 6.10 Å². The van der Waals surface area contributed by atoms with Gasteiger partial charge in [-0.1, -0.05) is 63.0 Å². The lowest BCUT2D eigenvalue weighted by molar-refractivity contribution is -0.148. The molecule has 0 heterocycles. The van der Waals surface area contributed by atoms with Gasteiger partial charge in [0.15, 0.2) is 0 Å². The van der Waals surface area contributed by atoms with Crippen LogP contribution in [0.1, 0.15) is 85.5 Å². The number of hydrogen-bond donors (Lipinski definition) is 1. The lowest BCUT2D eigenvalue weighted by Gasteiger charge is -2.18. The Morgan fingerprint density at radius 3 is 2.32 bits per heavy atom. The van der Waals surface area contributed by atoms with E-state index in [9.17, 15) is 9.90 Å². The molecule has 0 aromatic rings. The number of hydrogen-bond acceptors (Lipinski definition) is 3. The highest BCUT2D eigenvalue weighted by molar-refractivity contribution is 5.69. The molecule has 0 amide bonds. The molecule has 0 aliphatic heterocycles. The molecule has 0 aliphatic carbocycles. The molecule has 3 heteroatoms. The van der Waals surface area contributed by atoms with E-state index >= 15 is 0 Å². The molecule has 0 aromatic heterocycles. The Labute approximate surface area is 154 Å². The van der Waals surface area contributed by atoms with Crippen molar-refractivity contribution in [3.05, 3.63) is 36.0 Å². The Morgan fingerprint density at radius 1 is 1.08 bits per heavy atom. The summed E-state index contributed by atoms with van der Waals surface area (Å²) in [5.41, 5.74) is 3.07. The molecule has 0 saturated heterocycles. The van der Waals surface area contributed by atoms with Crippen LogP contribution in [0.15, 0.2) is 36.0 Å². The average molecular weight is 351 g/mol. The molecule has 0 bridgehead atoms. The van der Waals surface area contributed by atoms with E-state index in [1.54, 1.807) is 0 Å². The lowest BCUT2D eigenvalue weighted by atomic mass is 10.0. The first-order chi connectivity index (χ1) is 11.8. The van der Waals surface area contributed by atoms with Gasteiger partial charge < -0.3 is 9.84 Å². The van der Waals surface area contributed by atoms with Crippen LogP contribution in [0, 0.1) is 0 Å². The fourth-order valence-corrected chi connectivity index (χ4v) is 2.48. The summed E-state index contributed by atoms with van der Waals surface area (Å²) in [5.74, 6) is -0.249. The number of unbranched alkanes of at least 4 members (excludes halogenated alkanes) is 3. The third-order valence-electron chi connectivity index (χ3n) is 4.45. The second-order valence-electron chi connectivity index (χ2n) is 7.11. The van der Waals surface area contributed by atoms with E-state index in [2.05, 4.69) is 26.2 Å². The van der Waals surface area contributed by atoms with E-state index < -0.39 is 6.10 Å². The molecule has 2 atom stereocenters. The van der Waals surface area contributed by atoms with Gasteiger partial charge in [-0.2, -0.15) is 0 Å².